The maximum Gasteiger partial charge on any atom is 0.320 e. The highest BCUT2D eigenvalue weighted by Gasteiger charge is 2.38. The van der Waals surface area contributed by atoms with Crippen LogP contribution < -0.4 is 0 Å². The average Bonchev–Trinajstić information content (AvgIpc) is 3.11. The molecule has 2 aromatic rings. The Morgan fingerprint density at radius 2 is 1.56 bits per heavy atom. The predicted octanol–water partition coefficient (Wildman–Crippen LogP) is 4.01. The molecule has 4 rings (SSSR count). The molecule has 0 aliphatic carbocycles. The quantitative estimate of drug-likeness (QED) is 0.684. The summed E-state index contributed by atoms with van der Waals surface area (Å²) in [5, 5.41) is 0. The van der Waals surface area contributed by atoms with Gasteiger partial charge in [0.15, 0.2) is 0 Å². The fourth-order valence-electron chi connectivity index (χ4n) is 4.86. The van der Waals surface area contributed by atoms with Crippen molar-refractivity contribution in [3.8, 4) is 0 Å². The number of carbonyl (C=O) groups is 1. The molecule has 2 heterocycles. The van der Waals surface area contributed by atoms with Gasteiger partial charge in [-0.25, -0.2) is 13.2 Å². The molecule has 2 aliphatic rings. The van der Waals surface area contributed by atoms with E-state index in [4.69, 9.17) is 0 Å². The van der Waals surface area contributed by atoms with Crippen LogP contribution in [-0.2, 0) is 16.6 Å². The Morgan fingerprint density at radius 1 is 0.875 bits per heavy atom. The SMILES string of the molecule is Cc1cccc(CN2CCN(C3CCN(S(=O)(=O)c4cc(C)c(C)cc4C)CC3)C2=O)c1. The topological polar surface area (TPSA) is 60.9 Å². The van der Waals surface area contributed by atoms with Crippen molar-refractivity contribution in [3.63, 3.8) is 0 Å². The van der Waals surface area contributed by atoms with E-state index >= 15 is 0 Å². The predicted molar refractivity (Wildman–Crippen MR) is 126 cm³/mol. The van der Waals surface area contributed by atoms with Gasteiger partial charge in [0.2, 0.25) is 10.0 Å². The standard InChI is InChI=1S/C25H33N3O3S/c1-18-6-5-7-22(14-18)17-26-12-13-28(25(26)29)23-8-10-27(11-9-23)32(30,31)24-16-20(3)19(2)15-21(24)4/h5-7,14-16,23H,8-13,17H2,1-4H3. The lowest BCUT2D eigenvalue weighted by molar-refractivity contribution is 0.153. The first-order valence-electron chi connectivity index (χ1n) is 11.4. The third kappa shape index (κ3) is 4.41. The van der Waals surface area contributed by atoms with Gasteiger partial charge in [-0.05, 0) is 68.9 Å². The van der Waals surface area contributed by atoms with Crippen LogP contribution in [0.3, 0.4) is 0 Å². The third-order valence-corrected chi connectivity index (χ3v) is 8.90. The number of nitrogens with zero attached hydrogens (tertiary/aromatic N) is 3. The van der Waals surface area contributed by atoms with E-state index in [2.05, 4.69) is 25.1 Å². The molecule has 0 unspecified atom stereocenters. The average molecular weight is 456 g/mol. The Balaban J connectivity index is 1.39. The van der Waals surface area contributed by atoms with Crippen LogP contribution in [0.1, 0.15) is 40.7 Å². The maximum absolute atomic E-state index is 13.3. The summed E-state index contributed by atoms with van der Waals surface area (Å²) in [6, 6.07) is 12.2. The number of carbonyl (C=O) groups excluding carboxylic acids is 1. The van der Waals surface area contributed by atoms with Gasteiger partial charge in [0.25, 0.3) is 0 Å². The molecule has 0 N–H and O–H groups in total. The van der Waals surface area contributed by atoms with Crippen molar-refractivity contribution in [2.45, 2.75) is 58.0 Å². The number of aryl methyl sites for hydroxylation is 4. The molecular formula is C25H33N3O3S. The molecule has 6 nitrogen and oxygen atoms in total. The van der Waals surface area contributed by atoms with E-state index < -0.39 is 10.0 Å². The number of rotatable bonds is 5. The van der Waals surface area contributed by atoms with E-state index in [1.54, 1.807) is 10.4 Å². The minimum absolute atomic E-state index is 0.0674. The number of piperidine rings is 1. The van der Waals surface area contributed by atoms with Crippen LogP contribution in [0.25, 0.3) is 0 Å². The molecule has 0 bridgehead atoms. The van der Waals surface area contributed by atoms with Gasteiger partial charge < -0.3 is 9.80 Å². The summed E-state index contributed by atoms with van der Waals surface area (Å²) in [4.78, 5) is 17.3. The van der Waals surface area contributed by atoms with E-state index in [0.29, 0.717) is 50.5 Å². The summed E-state index contributed by atoms with van der Waals surface area (Å²) in [5.74, 6) is 0. The van der Waals surface area contributed by atoms with E-state index in [1.807, 2.05) is 42.7 Å². The number of hydrogen-bond donors (Lipinski definition) is 0. The van der Waals surface area contributed by atoms with Crippen molar-refractivity contribution in [3.05, 3.63) is 64.2 Å². The smallest absolute Gasteiger partial charge is 0.320 e. The highest BCUT2D eigenvalue weighted by molar-refractivity contribution is 7.89. The highest BCUT2D eigenvalue weighted by Crippen LogP contribution is 2.28. The van der Waals surface area contributed by atoms with Crippen LogP contribution in [0.2, 0.25) is 0 Å². The zero-order valence-corrected chi connectivity index (χ0v) is 20.3. The number of urea groups is 1. The maximum atomic E-state index is 13.3. The second-order valence-electron chi connectivity index (χ2n) is 9.22. The van der Waals surface area contributed by atoms with Crippen molar-refractivity contribution in [1.29, 1.82) is 0 Å². The Hall–Kier alpha value is -2.38. The van der Waals surface area contributed by atoms with Crippen LogP contribution in [0.5, 0.6) is 0 Å². The van der Waals surface area contributed by atoms with Crippen LogP contribution in [0, 0.1) is 27.7 Å². The molecule has 172 valence electrons. The highest BCUT2D eigenvalue weighted by atomic mass is 32.2. The molecule has 0 aromatic heterocycles. The van der Waals surface area contributed by atoms with Gasteiger partial charge in [0.1, 0.15) is 0 Å². The van der Waals surface area contributed by atoms with E-state index in [0.717, 1.165) is 22.3 Å². The fourth-order valence-corrected chi connectivity index (χ4v) is 6.62. The summed E-state index contributed by atoms with van der Waals surface area (Å²) in [6.45, 7) is 10.8. The Morgan fingerprint density at radius 3 is 2.25 bits per heavy atom. The lowest BCUT2D eigenvalue weighted by Gasteiger charge is -2.36. The zero-order valence-electron chi connectivity index (χ0n) is 19.5. The zero-order chi connectivity index (χ0) is 23.0. The lowest BCUT2D eigenvalue weighted by atomic mass is 10.1. The van der Waals surface area contributed by atoms with E-state index in [-0.39, 0.29) is 12.1 Å². The van der Waals surface area contributed by atoms with Gasteiger partial charge >= 0.3 is 6.03 Å². The van der Waals surface area contributed by atoms with Gasteiger partial charge in [-0.3, -0.25) is 0 Å². The summed E-state index contributed by atoms with van der Waals surface area (Å²) in [6.07, 6.45) is 1.35. The van der Waals surface area contributed by atoms with Gasteiger partial charge in [0.05, 0.1) is 4.90 Å². The van der Waals surface area contributed by atoms with Crippen LogP contribution >= 0.6 is 0 Å². The number of hydrogen-bond acceptors (Lipinski definition) is 3. The minimum Gasteiger partial charge on any atom is -0.320 e. The largest absolute Gasteiger partial charge is 0.320 e. The lowest BCUT2D eigenvalue weighted by Crippen LogP contribution is -2.48. The normalized spacial score (nSPS) is 18.6. The summed E-state index contributed by atoms with van der Waals surface area (Å²) in [5.41, 5.74) is 5.21. The molecule has 7 heteroatoms. The molecule has 2 fully saturated rings. The molecule has 0 spiro atoms. The first-order chi connectivity index (χ1) is 15.2. The Labute approximate surface area is 191 Å². The second-order valence-corrected chi connectivity index (χ2v) is 11.1. The molecule has 2 amide bonds. The molecule has 0 saturated carbocycles. The summed E-state index contributed by atoms with van der Waals surface area (Å²) in [7, 11) is -3.53. The van der Waals surface area contributed by atoms with Gasteiger partial charge in [-0.2, -0.15) is 4.31 Å². The van der Waals surface area contributed by atoms with Gasteiger partial charge in [-0.15, -0.1) is 0 Å². The number of amides is 2. The van der Waals surface area contributed by atoms with Crippen molar-refractivity contribution >= 4 is 16.1 Å². The first kappa shape index (κ1) is 22.8. The fraction of sp³-hybridized carbons (Fsp3) is 0.480. The van der Waals surface area contributed by atoms with Crippen molar-refractivity contribution in [2.75, 3.05) is 26.2 Å². The number of benzene rings is 2. The van der Waals surface area contributed by atoms with E-state index in [9.17, 15) is 13.2 Å². The number of sulfonamides is 1. The van der Waals surface area contributed by atoms with Crippen LogP contribution in [0.4, 0.5) is 4.79 Å². The van der Waals surface area contributed by atoms with Crippen molar-refractivity contribution < 1.29 is 13.2 Å². The second kappa shape index (κ2) is 8.87. The molecule has 0 atom stereocenters. The third-order valence-electron chi connectivity index (χ3n) is 6.86. The summed E-state index contributed by atoms with van der Waals surface area (Å²) < 4.78 is 28.2. The van der Waals surface area contributed by atoms with E-state index in [1.165, 1.54) is 5.56 Å². The van der Waals surface area contributed by atoms with Crippen LogP contribution in [-0.4, -0.2) is 60.8 Å². The monoisotopic (exact) mass is 455 g/mol. The van der Waals surface area contributed by atoms with Crippen LogP contribution in [0.15, 0.2) is 41.3 Å². The molecule has 2 saturated heterocycles. The molecule has 2 aromatic carbocycles. The summed E-state index contributed by atoms with van der Waals surface area (Å²) >= 11 is 0. The molecule has 0 radical (unpaired) electrons. The van der Waals surface area contributed by atoms with Crippen molar-refractivity contribution in [2.24, 2.45) is 0 Å². The Bertz CT molecular complexity index is 1120. The van der Waals surface area contributed by atoms with Gasteiger partial charge in [0, 0.05) is 38.8 Å². The van der Waals surface area contributed by atoms with Gasteiger partial charge in [-0.1, -0.05) is 35.9 Å². The van der Waals surface area contributed by atoms with Crippen molar-refractivity contribution in [1.82, 2.24) is 14.1 Å². The minimum atomic E-state index is -3.53. The molecule has 32 heavy (non-hydrogen) atoms. The molecule has 2 aliphatic heterocycles. The first-order valence-corrected chi connectivity index (χ1v) is 12.8. The molecular weight excluding hydrogens is 422 g/mol. The Kier molecular flexibility index (Phi) is 6.32.